The molecule has 8 heteroatoms. The van der Waals surface area contributed by atoms with Crippen molar-refractivity contribution in [3.05, 3.63) is 33.3 Å². The van der Waals surface area contributed by atoms with Crippen LogP contribution in [0.1, 0.15) is 6.42 Å². The molecular formula is C13H15BrClNO5. The van der Waals surface area contributed by atoms with Crippen LogP contribution in [0.25, 0.3) is 0 Å². The van der Waals surface area contributed by atoms with Crippen LogP contribution in [0.5, 0.6) is 5.75 Å². The first-order valence-corrected chi connectivity index (χ1v) is 7.67. The summed E-state index contributed by atoms with van der Waals surface area (Å²) in [6.45, 7) is 0.932. The first-order chi connectivity index (χ1) is 10.0. The van der Waals surface area contributed by atoms with Gasteiger partial charge in [0, 0.05) is 35.5 Å². The number of rotatable bonds is 7. The summed E-state index contributed by atoms with van der Waals surface area (Å²) in [7, 11) is 1.60. The van der Waals surface area contributed by atoms with Gasteiger partial charge in [-0.25, -0.2) is 0 Å². The highest BCUT2D eigenvalue weighted by Gasteiger charge is 2.43. The normalized spacial score (nSPS) is 24.4. The Morgan fingerprint density at radius 1 is 1.48 bits per heavy atom. The van der Waals surface area contributed by atoms with E-state index in [0.29, 0.717) is 24.7 Å². The predicted octanol–water partition coefficient (Wildman–Crippen LogP) is 3.19. The van der Waals surface area contributed by atoms with E-state index >= 15 is 0 Å². The molecule has 0 amide bonds. The number of benzene rings is 1. The highest BCUT2D eigenvalue weighted by atomic mass is 79.9. The Morgan fingerprint density at radius 3 is 2.86 bits per heavy atom. The average molecular weight is 381 g/mol. The van der Waals surface area contributed by atoms with Crippen LogP contribution in [0, 0.1) is 10.1 Å². The van der Waals surface area contributed by atoms with Crippen LogP contribution in [0.3, 0.4) is 0 Å². The van der Waals surface area contributed by atoms with Crippen molar-refractivity contribution in [3.8, 4) is 5.75 Å². The second-order valence-corrected chi connectivity index (χ2v) is 6.22. The van der Waals surface area contributed by atoms with Gasteiger partial charge in [-0.2, -0.15) is 0 Å². The number of nitro benzene ring substituents is 1. The molecule has 1 fully saturated rings. The summed E-state index contributed by atoms with van der Waals surface area (Å²) < 4.78 is 16.3. The van der Waals surface area contributed by atoms with E-state index in [0.717, 1.165) is 0 Å². The SMILES string of the molecule is COCCOC1C(Br)CC1Oc1cc(Cl)ccc1[N+](=O)[O-]. The molecule has 0 radical (unpaired) electrons. The molecule has 1 aromatic rings. The van der Waals surface area contributed by atoms with Crippen LogP contribution in [0.4, 0.5) is 5.69 Å². The van der Waals surface area contributed by atoms with Crippen LogP contribution in [-0.4, -0.2) is 42.3 Å². The number of methoxy groups -OCH3 is 1. The van der Waals surface area contributed by atoms with Crippen molar-refractivity contribution in [1.82, 2.24) is 0 Å². The van der Waals surface area contributed by atoms with Gasteiger partial charge in [0.2, 0.25) is 0 Å². The number of alkyl halides is 1. The Labute approximate surface area is 135 Å². The fourth-order valence-electron chi connectivity index (χ4n) is 2.02. The molecule has 0 bridgehead atoms. The number of halogens is 2. The second-order valence-electron chi connectivity index (χ2n) is 4.61. The molecule has 1 aliphatic rings. The van der Waals surface area contributed by atoms with Crippen LogP contribution in [0.2, 0.25) is 5.02 Å². The van der Waals surface area contributed by atoms with Gasteiger partial charge >= 0.3 is 5.69 Å². The fraction of sp³-hybridized carbons (Fsp3) is 0.538. The van der Waals surface area contributed by atoms with Crippen LogP contribution >= 0.6 is 27.5 Å². The van der Waals surface area contributed by atoms with E-state index < -0.39 is 4.92 Å². The highest BCUT2D eigenvalue weighted by Crippen LogP contribution is 2.38. The zero-order valence-corrected chi connectivity index (χ0v) is 13.7. The Balaban J connectivity index is 2.04. The highest BCUT2D eigenvalue weighted by molar-refractivity contribution is 9.09. The molecule has 1 saturated carbocycles. The zero-order chi connectivity index (χ0) is 15.4. The lowest BCUT2D eigenvalue weighted by atomic mass is 9.91. The standard InChI is InChI=1S/C13H15BrClNO5/c1-19-4-5-20-13-9(14)7-12(13)21-11-6-8(15)2-3-10(11)16(17)18/h2-3,6,9,12-13H,4-5,7H2,1H3. The Bertz CT molecular complexity index is 515. The van der Waals surface area contributed by atoms with E-state index in [1.807, 2.05) is 0 Å². The van der Waals surface area contributed by atoms with Gasteiger partial charge in [0.15, 0.2) is 5.75 Å². The molecule has 0 aromatic heterocycles. The van der Waals surface area contributed by atoms with Crippen molar-refractivity contribution in [1.29, 1.82) is 0 Å². The summed E-state index contributed by atoms with van der Waals surface area (Å²) >= 11 is 9.36. The van der Waals surface area contributed by atoms with Gasteiger partial charge in [0.05, 0.1) is 18.1 Å². The molecule has 6 nitrogen and oxygen atoms in total. The number of nitro groups is 1. The molecule has 0 saturated heterocycles. The maximum atomic E-state index is 11.0. The minimum atomic E-state index is -0.489. The minimum Gasteiger partial charge on any atom is -0.481 e. The van der Waals surface area contributed by atoms with Crippen molar-refractivity contribution in [2.24, 2.45) is 0 Å². The summed E-state index contributed by atoms with van der Waals surface area (Å²) in [5.41, 5.74) is -0.104. The number of nitrogens with zero attached hydrogens (tertiary/aromatic N) is 1. The summed E-state index contributed by atoms with van der Waals surface area (Å²) in [6.07, 6.45) is 0.295. The van der Waals surface area contributed by atoms with Gasteiger partial charge in [-0.15, -0.1) is 0 Å². The first kappa shape index (κ1) is 16.5. The lowest BCUT2D eigenvalue weighted by Gasteiger charge is -2.40. The molecule has 1 aromatic carbocycles. The van der Waals surface area contributed by atoms with Crippen LogP contribution in [-0.2, 0) is 9.47 Å². The predicted molar refractivity (Wildman–Crippen MR) is 81.5 cm³/mol. The van der Waals surface area contributed by atoms with Gasteiger partial charge < -0.3 is 14.2 Å². The molecule has 116 valence electrons. The zero-order valence-electron chi connectivity index (χ0n) is 11.3. The van der Waals surface area contributed by atoms with Crippen molar-refractivity contribution >= 4 is 33.2 Å². The van der Waals surface area contributed by atoms with Gasteiger partial charge in [0.1, 0.15) is 12.2 Å². The lowest BCUT2D eigenvalue weighted by Crippen LogP contribution is -2.52. The molecule has 2 rings (SSSR count). The number of ether oxygens (including phenoxy) is 3. The van der Waals surface area contributed by atoms with E-state index in [2.05, 4.69) is 15.9 Å². The quantitative estimate of drug-likeness (QED) is 0.314. The third-order valence-electron chi connectivity index (χ3n) is 3.18. The second kappa shape index (κ2) is 7.40. The third kappa shape index (κ3) is 4.06. The molecule has 0 spiro atoms. The van der Waals surface area contributed by atoms with Gasteiger partial charge in [-0.05, 0) is 6.07 Å². The molecular weight excluding hydrogens is 366 g/mol. The van der Waals surface area contributed by atoms with Crippen LogP contribution in [0.15, 0.2) is 18.2 Å². The molecule has 3 atom stereocenters. The molecule has 0 N–H and O–H groups in total. The van der Waals surface area contributed by atoms with Gasteiger partial charge in [-0.3, -0.25) is 10.1 Å². The minimum absolute atomic E-state index is 0.104. The number of hydrogen-bond acceptors (Lipinski definition) is 5. The Hall–Kier alpha value is -0.890. The molecule has 1 aliphatic carbocycles. The molecule has 21 heavy (non-hydrogen) atoms. The average Bonchev–Trinajstić information content (AvgIpc) is 2.43. The van der Waals surface area contributed by atoms with Gasteiger partial charge in [-0.1, -0.05) is 27.5 Å². The monoisotopic (exact) mass is 379 g/mol. The Kier molecular flexibility index (Phi) is 5.80. The lowest BCUT2D eigenvalue weighted by molar-refractivity contribution is -0.386. The van der Waals surface area contributed by atoms with Gasteiger partial charge in [0.25, 0.3) is 0 Å². The maximum absolute atomic E-state index is 11.0. The topological polar surface area (TPSA) is 70.8 Å². The maximum Gasteiger partial charge on any atom is 0.311 e. The molecule has 3 unspecified atom stereocenters. The molecule has 0 heterocycles. The van der Waals surface area contributed by atoms with E-state index in [1.165, 1.54) is 18.2 Å². The summed E-state index contributed by atoms with van der Waals surface area (Å²) in [6, 6.07) is 4.25. The van der Waals surface area contributed by atoms with E-state index in [9.17, 15) is 10.1 Å². The fourth-order valence-corrected chi connectivity index (χ4v) is 3.04. The van der Waals surface area contributed by atoms with E-state index in [-0.39, 0.29) is 28.5 Å². The first-order valence-electron chi connectivity index (χ1n) is 6.38. The van der Waals surface area contributed by atoms with Crippen molar-refractivity contribution < 1.29 is 19.1 Å². The van der Waals surface area contributed by atoms with Crippen LogP contribution < -0.4 is 4.74 Å². The largest absolute Gasteiger partial charge is 0.481 e. The van der Waals surface area contributed by atoms with Crippen molar-refractivity contribution in [3.63, 3.8) is 0 Å². The summed E-state index contributed by atoms with van der Waals surface area (Å²) in [5.74, 6) is 0.164. The van der Waals surface area contributed by atoms with Crippen molar-refractivity contribution in [2.45, 2.75) is 23.5 Å². The van der Waals surface area contributed by atoms with E-state index in [1.54, 1.807) is 7.11 Å². The summed E-state index contributed by atoms with van der Waals surface area (Å²) in [5, 5.41) is 11.4. The summed E-state index contributed by atoms with van der Waals surface area (Å²) in [4.78, 5) is 10.7. The number of hydrogen-bond donors (Lipinski definition) is 0. The van der Waals surface area contributed by atoms with E-state index in [4.69, 9.17) is 25.8 Å². The Morgan fingerprint density at radius 2 is 2.24 bits per heavy atom. The third-order valence-corrected chi connectivity index (χ3v) is 4.31. The van der Waals surface area contributed by atoms with Crippen molar-refractivity contribution in [2.75, 3.05) is 20.3 Å². The molecule has 0 aliphatic heterocycles. The smallest absolute Gasteiger partial charge is 0.311 e.